The van der Waals surface area contributed by atoms with Crippen molar-refractivity contribution in [1.29, 1.82) is 0 Å². The molecular formula is C18H23N3O. The molecule has 1 aromatic carbocycles. The molecule has 1 aliphatic carbocycles. The van der Waals surface area contributed by atoms with Crippen LogP contribution >= 0.6 is 0 Å². The molecule has 1 amide bonds. The summed E-state index contributed by atoms with van der Waals surface area (Å²) in [6.45, 7) is 6.28. The second kappa shape index (κ2) is 5.95. The van der Waals surface area contributed by atoms with Gasteiger partial charge in [-0.2, -0.15) is 5.10 Å². The molecule has 0 aliphatic heterocycles. The highest BCUT2D eigenvalue weighted by Crippen LogP contribution is 2.24. The summed E-state index contributed by atoms with van der Waals surface area (Å²) in [5.41, 5.74) is 3.56. The van der Waals surface area contributed by atoms with Crippen LogP contribution in [0.3, 0.4) is 0 Å². The smallest absolute Gasteiger partial charge is 0.255 e. The summed E-state index contributed by atoms with van der Waals surface area (Å²) in [4.78, 5) is 12.6. The number of amides is 1. The second-order valence-corrected chi connectivity index (χ2v) is 6.50. The molecule has 1 aromatic heterocycles. The van der Waals surface area contributed by atoms with Crippen LogP contribution in [0.5, 0.6) is 0 Å². The predicted octanol–water partition coefficient (Wildman–Crippen LogP) is 3.27. The summed E-state index contributed by atoms with van der Waals surface area (Å²) in [6, 6.07) is 10.4. The molecule has 116 valence electrons. The van der Waals surface area contributed by atoms with Gasteiger partial charge < -0.3 is 5.32 Å². The van der Waals surface area contributed by atoms with Gasteiger partial charge in [-0.15, -0.1) is 0 Å². The molecule has 1 aliphatic rings. The Morgan fingerprint density at radius 3 is 2.59 bits per heavy atom. The van der Waals surface area contributed by atoms with Gasteiger partial charge in [-0.1, -0.05) is 32.0 Å². The van der Waals surface area contributed by atoms with Gasteiger partial charge in [-0.25, -0.2) is 4.68 Å². The topological polar surface area (TPSA) is 46.9 Å². The van der Waals surface area contributed by atoms with Crippen LogP contribution in [0.25, 0.3) is 5.69 Å². The summed E-state index contributed by atoms with van der Waals surface area (Å²) in [7, 11) is 0. The fraction of sp³-hybridized carbons (Fsp3) is 0.444. The zero-order valence-electron chi connectivity index (χ0n) is 13.5. The van der Waals surface area contributed by atoms with Gasteiger partial charge >= 0.3 is 0 Å². The van der Waals surface area contributed by atoms with E-state index < -0.39 is 0 Å². The zero-order valence-corrected chi connectivity index (χ0v) is 13.5. The Labute approximate surface area is 131 Å². The lowest BCUT2D eigenvalue weighted by molar-refractivity contribution is 0.0949. The third kappa shape index (κ3) is 3.06. The van der Waals surface area contributed by atoms with Crippen molar-refractivity contribution in [3.8, 4) is 5.69 Å². The van der Waals surface area contributed by atoms with Crippen LogP contribution in [0, 0.1) is 12.8 Å². The Morgan fingerprint density at radius 2 is 2.00 bits per heavy atom. The average Bonchev–Trinajstić information content (AvgIpc) is 3.22. The van der Waals surface area contributed by atoms with Crippen LogP contribution in [0.15, 0.2) is 30.3 Å². The van der Waals surface area contributed by atoms with E-state index in [2.05, 4.69) is 19.2 Å². The van der Waals surface area contributed by atoms with Gasteiger partial charge in [-0.3, -0.25) is 4.79 Å². The molecule has 1 fully saturated rings. The van der Waals surface area contributed by atoms with Crippen LogP contribution < -0.4 is 5.32 Å². The largest absolute Gasteiger partial charge is 0.349 e. The number of carbonyl (C=O) groups excluding carboxylic acids is 1. The number of para-hydroxylation sites is 1. The number of rotatable bonds is 5. The quantitative estimate of drug-likeness (QED) is 0.920. The monoisotopic (exact) mass is 297 g/mol. The predicted molar refractivity (Wildman–Crippen MR) is 87.3 cm³/mol. The van der Waals surface area contributed by atoms with E-state index in [1.54, 1.807) is 0 Å². The minimum absolute atomic E-state index is 0.0258. The summed E-state index contributed by atoms with van der Waals surface area (Å²) in [5.74, 6) is 0.490. The molecule has 4 nitrogen and oxygen atoms in total. The summed E-state index contributed by atoms with van der Waals surface area (Å²) in [5, 5.41) is 7.82. The normalized spacial score (nSPS) is 14.4. The maximum Gasteiger partial charge on any atom is 0.255 e. The van der Waals surface area contributed by atoms with E-state index in [1.807, 2.05) is 41.9 Å². The van der Waals surface area contributed by atoms with Crippen molar-refractivity contribution in [1.82, 2.24) is 15.1 Å². The van der Waals surface area contributed by atoms with Gasteiger partial charge in [0.15, 0.2) is 0 Å². The number of aromatic nitrogens is 2. The molecule has 0 radical (unpaired) electrons. The molecule has 0 bridgehead atoms. The van der Waals surface area contributed by atoms with Gasteiger partial charge in [0.05, 0.1) is 22.6 Å². The zero-order chi connectivity index (χ0) is 15.7. The van der Waals surface area contributed by atoms with Gasteiger partial charge in [0.1, 0.15) is 0 Å². The Kier molecular flexibility index (Phi) is 4.01. The first kappa shape index (κ1) is 14.8. The Morgan fingerprint density at radius 1 is 1.32 bits per heavy atom. The van der Waals surface area contributed by atoms with Crippen molar-refractivity contribution in [2.24, 2.45) is 5.92 Å². The van der Waals surface area contributed by atoms with Gasteiger partial charge in [0.25, 0.3) is 5.91 Å². The minimum Gasteiger partial charge on any atom is -0.349 e. The summed E-state index contributed by atoms with van der Waals surface area (Å²) in [6.07, 6.45) is 3.00. The Balaban J connectivity index is 2.01. The van der Waals surface area contributed by atoms with Crippen LogP contribution in [0.4, 0.5) is 0 Å². The van der Waals surface area contributed by atoms with Crippen LogP contribution in [0.2, 0.25) is 0 Å². The van der Waals surface area contributed by atoms with Gasteiger partial charge in [-0.05, 0) is 44.2 Å². The number of nitrogens with one attached hydrogen (secondary N) is 1. The first-order chi connectivity index (χ1) is 10.6. The van der Waals surface area contributed by atoms with Crippen molar-refractivity contribution in [2.45, 2.75) is 46.1 Å². The van der Waals surface area contributed by atoms with Crippen molar-refractivity contribution in [2.75, 3.05) is 0 Å². The van der Waals surface area contributed by atoms with E-state index in [-0.39, 0.29) is 5.91 Å². The van der Waals surface area contributed by atoms with E-state index in [4.69, 9.17) is 5.10 Å². The molecular weight excluding hydrogens is 274 g/mol. The summed E-state index contributed by atoms with van der Waals surface area (Å²) < 4.78 is 1.89. The maximum atomic E-state index is 12.6. The fourth-order valence-electron chi connectivity index (χ4n) is 2.69. The molecule has 2 aromatic rings. The van der Waals surface area contributed by atoms with E-state index in [0.29, 0.717) is 12.0 Å². The first-order valence-electron chi connectivity index (χ1n) is 8.01. The molecule has 0 spiro atoms. The van der Waals surface area contributed by atoms with E-state index in [9.17, 15) is 4.79 Å². The average molecular weight is 297 g/mol. The molecule has 1 saturated carbocycles. The molecule has 1 heterocycles. The third-order valence-electron chi connectivity index (χ3n) is 3.93. The molecule has 22 heavy (non-hydrogen) atoms. The number of hydrogen-bond donors (Lipinski definition) is 1. The minimum atomic E-state index is 0.0258. The Hall–Kier alpha value is -2.10. The number of carbonyl (C=O) groups is 1. The molecule has 0 unspecified atom stereocenters. The van der Waals surface area contributed by atoms with Crippen molar-refractivity contribution in [3.63, 3.8) is 0 Å². The number of nitrogens with zero attached hydrogens (tertiary/aromatic N) is 2. The molecule has 1 N–H and O–H groups in total. The number of hydrogen-bond acceptors (Lipinski definition) is 2. The second-order valence-electron chi connectivity index (χ2n) is 6.50. The summed E-state index contributed by atoms with van der Waals surface area (Å²) >= 11 is 0. The molecule has 0 saturated heterocycles. The van der Waals surface area contributed by atoms with E-state index in [1.165, 1.54) is 0 Å². The van der Waals surface area contributed by atoms with E-state index >= 15 is 0 Å². The van der Waals surface area contributed by atoms with Crippen molar-refractivity contribution >= 4 is 5.91 Å². The lowest BCUT2D eigenvalue weighted by atomic mass is 10.0. The highest BCUT2D eigenvalue weighted by Gasteiger charge is 2.28. The van der Waals surface area contributed by atoms with Crippen LogP contribution in [-0.2, 0) is 6.42 Å². The SMILES string of the molecule is Cc1c(C(=O)NC2CC2)c(CC(C)C)nn1-c1ccccc1. The fourth-order valence-corrected chi connectivity index (χ4v) is 2.69. The number of benzene rings is 1. The van der Waals surface area contributed by atoms with Gasteiger partial charge in [0.2, 0.25) is 0 Å². The lowest BCUT2D eigenvalue weighted by Gasteiger charge is -2.07. The van der Waals surface area contributed by atoms with Crippen molar-refractivity contribution in [3.05, 3.63) is 47.3 Å². The highest BCUT2D eigenvalue weighted by molar-refractivity contribution is 5.97. The van der Waals surface area contributed by atoms with Gasteiger partial charge in [0, 0.05) is 6.04 Å². The standard InChI is InChI=1S/C18H23N3O/c1-12(2)11-16-17(18(22)19-14-9-10-14)13(3)21(20-16)15-7-5-4-6-8-15/h4-8,12,14H,9-11H2,1-3H3,(H,19,22). The van der Waals surface area contributed by atoms with Crippen LogP contribution in [-0.4, -0.2) is 21.7 Å². The maximum absolute atomic E-state index is 12.6. The lowest BCUT2D eigenvalue weighted by Crippen LogP contribution is -2.27. The first-order valence-corrected chi connectivity index (χ1v) is 8.01. The van der Waals surface area contributed by atoms with Crippen LogP contribution in [0.1, 0.15) is 48.4 Å². The highest BCUT2D eigenvalue weighted by atomic mass is 16.1. The Bertz CT molecular complexity index is 669. The van der Waals surface area contributed by atoms with E-state index in [0.717, 1.165) is 41.9 Å². The van der Waals surface area contributed by atoms with Crippen molar-refractivity contribution < 1.29 is 4.79 Å². The molecule has 0 atom stereocenters. The third-order valence-corrected chi connectivity index (χ3v) is 3.93. The molecule has 3 rings (SSSR count). The molecule has 4 heteroatoms.